The fourth-order valence-electron chi connectivity index (χ4n) is 4.43. The number of nitrogens with zero attached hydrogens (tertiary/aromatic N) is 2. The van der Waals surface area contributed by atoms with Crippen LogP contribution in [0, 0.1) is 0 Å². The molecule has 33 heavy (non-hydrogen) atoms. The minimum absolute atomic E-state index is 0.135. The third-order valence-electron chi connectivity index (χ3n) is 6.15. The molecular weight excluding hydrogens is 477 g/mol. The van der Waals surface area contributed by atoms with E-state index in [0.29, 0.717) is 33.1 Å². The lowest BCUT2D eigenvalue weighted by Gasteiger charge is -2.22. The molecule has 0 aliphatic heterocycles. The highest BCUT2D eigenvalue weighted by molar-refractivity contribution is 6.36. The Balaban J connectivity index is 1.86. The van der Waals surface area contributed by atoms with E-state index in [2.05, 4.69) is 12.2 Å². The van der Waals surface area contributed by atoms with Crippen molar-refractivity contribution in [1.29, 1.82) is 0 Å². The normalized spacial score (nSPS) is 14.4. The van der Waals surface area contributed by atoms with E-state index in [4.69, 9.17) is 39.8 Å². The molecule has 1 aromatic heterocycles. The summed E-state index contributed by atoms with van der Waals surface area (Å²) >= 11 is 18.9. The highest BCUT2D eigenvalue weighted by Gasteiger charge is 2.27. The summed E-state index contributed by atoms with van der Waals surface area (Å²) in [5, 5.41) is 4.93. The Hall–Kier alpha value is -2.01. The number of imidazole rings is 1. The Kier molecular flexibility index (Phi) is 8.00. The van der Waals surface area contributed by atoms with Gasteiger partial charge in [-0.2, -0.15) is 0 Å². The van der Waals surface area contributed by atoms with Crippen molar-refractivity contribution in [3.8, 4) is 22.5 Å². The van der Waals surface area contributed by atoms with Crippen LogP contribution < -0.4 is 5.32 Å². The summed E-state index contributed by atoms with van der Waals surface area (Å²) in [4.78, 5) is 18.3. The molecule has 0 unspecified atom stereocenters. The van der Waals surface area contributed by atoms with Crippen LogP contribution in [0.25, 0.3) is 22.5 Å². The first kappa shape index (κ1) is 24.1. The molecule has 2 aromatic carbocycles. The summed E-state index contributed by atoms with van der Waals surface area (Å²) in [6.45, 7) is 2.82. The van der Waals surface area contributed by atoms with Crippen LogP contribution in [0.4, 0.5) is 0 Å². The molecule has 0 saturated heterocycles. The number of aromatic nitrogens is 2. The zero-order valence-corrected chi connectivity index (χ0v) is 21.0. The summed E-state index contributed by atoms with van der Waals surface area (Å²) in [6, 6.07) is 13.2. The van der Waals surface area contributed by atoms with E-state index < -0.39 is 0 Å². The molecule has 3 aromatic rings. The fraction of sp³-hybridized carbons (Fsp3) is 0.385. The predicted octanol–water partition coefficient (Wildman–Crippen LogP) is 8.04. The number of hydrogen-bond acceptors (Lipinski definition) is 2. The van der Waals surface area contributed by atoms with Crippen molar-refractivity contribution in [3.63, 3.8) is 0 Å². The molecule has 0 radical (unpaired) electrons. The molecule has 4 rings (SSSR count). The molecular formula is C26H28Cl3N3O. The standard InChI is InChI=1S/C26H28Cl3N3O/c1-2-3-15-32-24(17-9-11-18(27)12-10-17)23(21-14-13-19(28)16-22(21)29)31-25(32)26(33)30-20-7-5-4-6-8-20/h9-14,16,20H,2-8,15H2,1H3,(H,30,33). The number of halogens is 3. The molecule has 1 heterocycles. The van der Waals surface area contributed by atoms with Crippen molar-refractivity contribution in [2.24, 2.45) is 0 Å². The number of unbranched alkanes of at least 4 members (excludes halogenated alkanes) is 1. The Morgan fingerprint density at radius 2 is 1.73 bits per heavy atom. The van der Waals surface area contributed by atoms with Gasteiger partial charge in [0.15, 0.2) is 5.82 Å². The zero-order valence-electron chi connectivity index (χ0n) is 18.7. The Bertz CT molecular complexity index is 1120. The van der Waals surface area contributed by atoms with Gasteiger partial charge in [0, 0.05) is 33.8 Å². The first-order valence-corrected chi connectivity index (χ1v) is 12.7. The van der Waals surface area contributed by atoms with Crippen LogP contribution in [-0.4, -0.2) is 21.5 Å². The molecule has 1 N–H and O–H groups in total. The van der Waals surface area contributed by atoms with E-state index >= 15 is 0 Å². The van der Waals surface area contributed by atoms with Gasteiger partial charge in [0.2, 0.25) is 0 Å². The van der Waals surface area contributed by atoms with Gasteiger partial charge < -0.3 is 9.88 Å². The predicted molar refractivity (Wildman–Crippen MR) is 137 cm³/mol. The van der Waals surface area contributed by atoms with Crippen molar-refractivity contribution in [2.45, 2.75) is 64.5 Å². The Labute approximate surface area is 210 Å². The highest BCUT2D eigenvalue weighted by Crippen LogP contribution is 2.38. The first-order valence-electron chi connectivity index (χ1n) is 11.6. The number of hydrogen-bond donors (Lipinski definition) is 1. The average Bonchev–Trinajstić information content (AvgIpc) is 3.18. The minimum Gasteiger partial charge on any atom is -0.347 e. The minimum atomic E-state index is -0.135. The van der Waals surface area contributed by atoms with E-state index in [1.54, 1.807) is 12.1 Å². The molecule has 1 amide bonds. The number of carbonyl (C=O) groups excluding carboxylic acids is 1. The lowest BCUT2D eigenvalue weighted by molar-refractivity contribution is 0.0912. The summed E-state index contributed by atoms with van der Waals surface area (Å²) in [5.41, 5.74) is 3.20. The van der Waals surface area contributed by atoms with Gasteiger partial charge in [0.1, 0.15) is 0 Å². The maximum atomic E-state index is 13.4. The van der Waals surface area contributed by atoms with Crippen molar-refractivity contribution < 1.29 is 4.79 Å². The molecule has 0 spiro atoms. The van der Waals surface area contributed by atoms with Gasteiger partial charge in [-0.15, -0.1) is 0 Å². The maximum absolute atomic E-state index is 13.4. The molecule has 0 bridgehead atoms. The summed E-state index contributed by atoms with van der Waals surface area (Å²) in [7, 11) is 0. The van der Waals surface area contributed by atoms with Crippen LogP contribution in [0.5, 0.6) is 0 Å². The number of benzene rings is 2. The molecule has 1 fully saturated rings. The summed E-state index contributed by atoms with van der Waals surface area (Å²) in [6.07, 6.45) is 7.49. The number of nitrogens with one attached hydrogen (secondary N) is 1. The summed E-state index contributed by atoms with van der Waals surface area (Å²) in [5.74, 6) is 0.282. The van der Waals surface area contributed by atoms with Crippen LogP contribution in [0.3, 0.4) is 0 Å². The molecule has 1 aliphatic carbocycles. The second-order valence-electron chi connectivity index (χ2n) is 8.58. The van der Waals surface area contributed by atoms with Crippen molar-refractivity contribution in [3.05, 3.63) is 63.4 Å². The molecule has 0 atom stereocenters. The monoisotopic (exact) mass is 503 g/mol. The van der Waals surface area contributed by atoms with E-state index in [9.17, 15) is 4.79 Å². The quantitative estimate of drug-likeness (QED) is 0.354. The van der Waals surface area contributed by atoms with Crippen molar-refractivity contribution in [1.82, 2.24) is 14.9 Å². The van der Waals surface area contributed by atoms with Gasteiger partial charge in [-0.05, 0) is 49.6 Å². The van der Waals surface area contributed by atoms with Crippen LogP contribution in [0.15, 0.2) is 42.5 Å². The number of amides is 1. The Morgan fingerprint density at radius 1 is 1.03 bits per heavy atom. The van der Waals surface area contributed by atoms with Crippen molar-refractivity contribution in [2.75, 3.05) is 0 Å². The van der Waals surface area contributed by atoms with Gasteiger partial charge in [-0.3, -0.25) is 4.79 Å². The molecule has 1 aliphatic rings. The largest absolute Gasteiger partial charge is 0.347 e. The maximum Gasteiger partial charge on any atom is 0.287 e. The topological polar surface area (TPSA) is 46.9 Å². The second-order valence-corrected chi connectivity index (χ2v) is 9.86. The zero-order chi connectivity index (χ0) is 23.4. The summed E-state index contributed by atoms with van der Waals surface area (Å²) < 4.78 is 2.03. The van der Waals surface area contributed by atoms with Crippen molar-refractivity contribution >= 4 is 40.7 Å². The SMILES string of the molecule is CCCCn1c(C(=O)NC2CCCCC2)nc(-c2ccc(Cl)cc2Cl)c1-c1ccc(Cl)cc1. The van der Waals surface area contributed by atoms with Gasteiger partial charge in [0.05, 0.1) is 16.4 Å². The van der Waals surface area contributed by atoms with Crippen LogP contribution >= 0.6 is 34.8 Å². The number of rotatable bonds is 7. The van der Waals surface area contributed by atoms with Gasteiger partial charge in [0.25, 0.3) is 5.91 Å². The van der Waals surface area contributed by atoms with E-state index in [1.807, 2.05) is 34.9 Å². The average molecular weight is 505 g/mol. The number of carbonyl (C=O) groups is 1. The lowest BCUT2D eigenvalue weighted by atomic mass is 9.95. The lowest BCUT2D eigenvalue weighted by Crippen LogP contribution is -2.37. The molecule has 7 heteroatoms. The third kappa shape index (κ3) is 5.56. The third-order valence-corrected chi connectivity index (χ3v) is 6.95. The van der Waals surface area contributed by atoms with Gasteiger partial charge in [-0.1, -0.05) is 79.5 Å². The van der Waals surface area contributed by atoms with E-state index in [-0.39, 0.29) is 11.9 Å². The van der Waals surface area contributed by atoms with Gasteiger partial charge in [-0.25, -0.2) is 4.98 Å². The fourth-order valence-corrected chi connectivity index (χ4v) is 5.05. The first-order chi connectivity index (χ1) is 16.0. The molecule has 4 nitrogen and oxygen atoms in total. The highest BCUT2D eigenvalue weighted by atomic mass is 35.5. The van der Waals surface area contributed by atoms with E-state index in [1.165, 1.54) is 6.42 Å². The van der Waals surface area contributed by atoms with Crippen LogP contribution in [0.2, 0.25) is 15.1 Å². The Morgan fingerprint density at radius 3 is 2.39 bits per heavy atom. The molecule has 1 saturated carbocycles. The van der Waals surface area contributed by atoms with Crippen LogP contribution in [-0.2, 0) is 6.54 Å². The smallest absolute Gasteiger partial charge is 0.287 e. The van der Waals surface area contributed by atoms with Crippen LogP contribution in [0.1, 0.15) is 62.5 Å². The second kappa shape index (κ2) is 10.9. The molecule has 174 valence electrons. The van der Waals surface area contributed by atoms with Gasteiger partial charge >= 0.3 is 0 Å². The van der Waals surface area contributed by atoms with E-state index in [0.717, 1.165) is 55.3 Å².